The first-order valence-electron chi connectivity index (χ1n) is 10.2. The summed E-state index contributed by atoms with van der Waals surface area (Å²) in [6.07, 6.45) is -4.51. The molecule has 5 nitrogen and oxygen atoms in total. The summed E-state index contributed by atoms with van der Waals surface area (Å²) in [4.78, 5) is 26.8. The Morgan fingerprint density at radius 1 is 1.12 bits per heavy atom. The largest absolute Gasteiger partial charge is 0.497 e. The Bertz CT molecular complexity index is 1120. The van der Waals surface area contributed by atoms with Crippen LogP contribution in [0.4, 0.5) is 24.5 Å². The molecule has 0 radical (unpaired) electrons. The Morgan fingerprint density at radius 2 is 1.84 bits per heavy atom. The highest BCUT2D eigenvalue weighted by atomic mass is 19.4. The minimum Gasteiger partial charge on any atom is -0.497 e. The van der Waals surface area contributed by atoms with Crippen molar-refractivity contribution in [2.24, 2.45) is 5.41 Å². The van der Waals surface area contributed by atoms with E-state index in [1.807, 2.05) is 13.8 Å². The zero-order chi connectivity index (χ0) is 23.3. The summed E-state index contributed by atoms with van der Waals surface area (Å²) in [5, 5.41) is 3.18. The fourth-order valence-electron chi connectivity index (χ4n) is 4.47. The number of rotatable bonds is 2. The van der Waals surface area contributed by atoms with E-state index in [1.54, 1.807) is 42.5 Å². The maximum absolute atomic E-state index is 13.8. The van der Waals surface area contributed by atoms with Gasteiger partial charge in [0.05, 0.1) is 24.5 Å². The highest BCUT2D eigenvalue weighted by molar-refractivity contribution is 6.07. The van der Waals surface area contributed by atoms with E-state index < -0.39 is 18.1 Å². The molecule has 0 fully saturated rings. The molecule has 2 aromatic carbocycles. The van der Waals surface area contributed by atoms with Crippen LogP contribution in [0.25, 0.3) is 0 Å². The van der Waals surface area contributed by atoms with Gasteiger partial charge in [0.25, 0.3) is 0 Å². The number of carbonyl (C=O) groups excluding carboxylic acids is 2. The SMILES string of the molecule is COc1cccc([C@@H]2C3=C(CC(C)(C)CC3=O)Nc3ccccc3N2C(=O)C(F)(F)F)c1. The molecule has 168 valence electrons. The quantitative estimate of drug-likeness (QED) is 0.674. The molecule has 1 aliphatic heterocycles. The van der Waals surface area contributed by atoms with Crippen LogP contribution in [0.2, 0.25) is 0 Å². The lowest BCUT2D eigenvalue weighted by molar-refractivity contribution is -0.170. The zero-order valence-corrected chi connectivity index (χ0v) is 17.9. The van der Waals surface area contributed by atoms with Gasteiger partial charge in [-0.05, 0) is 41.7 Å². The highest BCUT2D eigenvalue weighted by Crippen LogP contribution is 2.49. The van der Waals surface area contributed by atoms with Gasteiger partial charge in [0, 0.05) is 17.7 Å². The molecule has 1 heterocycles. The Balaban J connectivity index is 2.04. The molecule has 0 saturated heterocycles. The van der Waals surface area contributed by atoms with Gasteiger partial charge in [0.2, 0.25) is 0 Å². The summed E-state index contributed by atoms with van der Waals surface area (Å²) in [6.45, 7) is 3.87. The van der Waals surface area contributed by atoms with Crippen molar-refractivity contribution in [3.05, 3.63) is 65.4 Å². The third-order valence-corrected chi connectivity index (χ3v) is 5.77. The third-order valence-electron chi connectivity index (χ3n) is 5.77. The molecule has 4 rings (SSSR count). The van der Waals surface area contributed by atoms with Crippen LogP contribution >= 0.6 is 0 Å². The smallest absolute Gasteiger partial charge is 0.471 e. The summed E-state index contributed by atoms with van der Waals surface area (Å²) in [6, 6.07) is 11.5. The number of ether oxygens (including phenoxy) is 1. The molecule has 1 aliphatic carbocycles. The lowest BCUT2D eigenvalue weighted by atomic mass is 9.73. The maximum Gasteiger partial charge on any atom is 0.471 e. The summed E-state index contributed by atoms with van der Waals surface area (Å²) in [5.74, 6) is -1.91. The van der Waals surface area contributed by atoms with Crippen molar-refractivity contribution in [3.63, 3.8) is 0 Å². The van der Waals surface area contributed by atoms with Crippen LogP contribution in [0.1, 0.15) is 38.3 Å². The van der Waals surface area contributed by atoms with Gasteiger partial charge in [-0.25, -0.2) is 0 Å². The van der Waals surface area contributed by atoms with Gasteiger partial charge in [-0.3, -0.25) is 14.5 Å². The van der Waals surface area contributed by atoms with E-state index in [9.17, 15) is 22.8 Å². The number of carbonyl (C=O) groups is 2. The van der Waals surface area contributed by atoms with Crippen LogP contribution in [-0.2, 0) is 9.59 Å². The van der Waals surface area contributed by atoms with Gasteiger partial charge >= 0.3 is 12.1 Å². The van der Waals surface area contributed by atoms with E-state index in [4.69, 9.17) is 4.74 Å². The van der Waals surface area contributed by atoms with E-state index >= 15 is 0 Å². The van der Waals surface area contributed by atoms with Gasteiger partial charge in [0.15, 0.2) is 5.78 Å². The molecule has 0 bridgehead atoms. The number of ketones is 1. The molecule has 8 heteroatoms. The van der Waals surface area contributed by atoms with E-state index in [-0.39, 0.29) is 28.9 Å². The summed E-state index contributed by atoms with van der Waals surface area (Å²) in [7, 11) is 1.45. The molecule has 0 spiro atoms. The van der Waals surface area contributed by atoms with Crippen LogP contribution in [-0.4, -0.2) is 25.0 Å². The van der Waals surface area contributed by atoms with Crippen LogP contribution in [0.5, 0.6) is 5.75 Å². The van der Waals surface area contributed by atoms with E-state index in [2.05, 4.69) is 5.32 Å². The zero-order valence-electron chi connectivity index (χ0n) is 17.9. The van der Waals surface area contributed by atoms with Gasteiger partial charge in [-0.1, -0.05) is 38.1 Å². The second-order valence-corrected chi connectivity index (χ2v) is 8.83. The first kappa shape index (κ1) is 21.9. The number of nitrogens with one attached hydrogen (secondary N) is 1. The van der Waals surface area contributed by atoms with Crippen LogP contribution in [0.15, 0.2) is 59.8 Å². The summed E-state index contributed by atoms with van der Waals surface area (Å²) >= 11 is 0. The average molecular weight is 444 g/mol. The van der Waals surface area contributed by atoms with Crippen molar-refractivity contribution in [1.29, 1.82) is 0 Å². The molecule has 2 aromatic rings. The Morgan fingerprint density at radius 3 is 2.53 bits per heavy atom. The standard InChI is InChI=1S/C24H23F3N2O3/c1-23(2)12-17-20(19(30)13-23)21(14-7-6-8-15(11-14)32-3)29(22(31)24(25,26)27)18-10-5-4-9-16(18)28-17/h4-11,21,28H,12-13H2,1-3H3/t21-/m1/s1. The monoisotopic (exact) mass is 444 g/mol. The number of halogens is 3. The van der Waals surface area contributed by atoms with Gasteiger partial charge < -0.3 is 10.1 Å². The molecular weight excluding hydrogens is 421 g/mol. The fraction of sp³-hybridized carbons (Fsp3) is 0.333. The number of anilines is 2. The number of hydrogen-bond acceptors (Lipinski definition) is 4. The molecule has 0 aromatic heterocycles. The number of para-hydroxylation sites is 2. The Kier molecular flexibility index (Phi) is 5.27. The number of allylic oxidation sites excluding steroid dienone is 1. The lowest BCUT2D eigenvalue weighted by Gasteiger charge is -2.37. The normalized spacial score (nSPS) is 20.1. The Hall–Kier alpha value is -3.29. The molecule has 32 heavy (non-hydrogen) atoms. The van der Waals surface area contributed by atoms with E-state index in [1.165, 1.54) is 13.2 Å². The average Bonchev–Trinajstić information content (AvgIpc) is 2.85. The second kappa shape index (κ2) is 7.69. The highest BCUT2D eigenvalue weighted by Gasteiger charge is 2.50. The van der Waals surface area contributed by atoms with Crippen LogP contribution in [0, 0.1) is 5.41 Å². The van der Waals surface area contributed by atoms with Crippen molar-refractivity contribution in [3.8, 4) is 5.75 Å². The Labute approximate surface area is 183 Å². The van der Waals surface area contributed by atoms with E-state index in [0.717, 1.165) is 0 Å². The molecule has 1 N–H and O–H groups in total. The maximum atomic E-state index is 13.8. The lowest BCUT2D eigenvalue weighted by Crippen LogP contribution is -2.45. The van der Waals surface area contributed by atoms with Crippen molar-refractivity contribution < 1.29 is 27.5 Å². The van der Waals surface area contributed by atoms with Crippen molar-refractivity contribution in [2.45, 2.75) is 38.9 Å². The van der Waals surface area contributed by atoms with Crippen molar-refractivity contribution in [2.75, 3.05) is 17.3 Å². The van der Waals surface area contributed by atoms with Crippen molar-refractivity contribution >= 4 is 23.1 Å². The number of hydrogen-bond donors (Lipinski definition) is 1. The molecule has 0 unspecified atom stereocenters. The third kappa shape index (κ3) is 3.85. The molecule has 1 atom stereocenters. The van der Waals surface area contributed by atoms with Gasteiger partial charge in [-0.2, -0.15) is 13.2 Å². The van der Waals surface area contributed by atoms with Crippen molar-refractivity contribution in [1.82, 2.24) is 0 Å². The minimum atomic E-state index is -5.13. The number of nitrogens with zero attached hydrogens (tertiary/aromatic N) is 1. The first-order valence-corrected chi connectivity index (χ1v) is 10.2. The number of fused-ring (bicyclic) bond motifs is 1. The number of amides is 1. The second-order valence-electron chi connectivity index (χ2n) is 8.83. The van der Waals surface area contributed by atoms with Crippen LogP contribution < -0.4 is 15.0 Å². The number of Topliss-reactive ketones (excluding diaryl/α,β-unsaturated/α-hetero) is 1. The number of benzene rings is 2. The van der Waals surface area contributed by atoms with Crippen LogP contribution in [0.3, 0.4) is 0 Å². The number of methoxy groups -OCH3 is 1. The number of alkyl halides is 3. The molecule has 0 saturated carbocycles. The summed E-state index contributed by atoms with van der Waals surface area (Å²) in [5.41, 5.74) is 1.09. The molecule has 1 amide bonds. The molecular formula is C24H23F3N2O3. The van der Waals surface area contributed by atoms with E-state index in [0.29, 0.717) is 34.0 Å². The summed E-state index contributed by atoms with van der Waals surface area (Å²) < 4.78 is 46.7. The fourth-order valence-corrected chi connectivity index (χ4v) is 4.47. The molecule has 2 aliphatic rings. The van der Waals surface area contributed by atoms with Gasteiger partial charge in [0.1, 0.15) is 5.75 Å². The minimum absolute atomic E-state index is 0.0580. The predicted molar refractivity (Wildman–Crippen MR) is 114 cm³/mol. The first-order chi connectivity index (χ1) is 15.0. The predicted octanol–water partition coefficient (Wildman–Crippen LogP) is 5.40. The topological polar surface area (TPSA) is 58.6 Å². The van der Waals surface area contributed by atoms with Gasteiger partial charge in [-0.15, -0.1) is 0 Å².